The van der Waals surface area contributed by atoms with Gasteiger partial charge in [-0.3, -0.25) is 0 Å². The van der Waals surface area contributed by atoms with E-state index in [0.717, 1.165) is 30.2 Å². The molecule has 0 aromatic carbocycles. The average molecular weight is 227 g/mol. The van der Waals surface area contributed by atoms with Crippen molar-refractivity contribution in [2.24, 2.45) is 0 Å². The molecule has 1 heterocycles. The maximum absolute atomic E-state index is 4.55. The second-order valence-electron chi connectivity index (χ2n) is 4.07. The molecule has 1 N–H and O–H groups in total. The third-order valence-electron chi connectivity index (χ3n) is 2.41. The van der Waals surface area contributed by atoms with Crippen molar-refractivity contribution >= 4 is 11.5 Å². The van der Waals surface area contributed by atoms with Crippen LogP contribution in [0.15, 0.2) is 0 Å². The fourth-order valence-corrected chi connectivity index (χ4v) is 2.31. The molecule has 0 saturated carbocycles. The van der Waals surface area contributed by atoms with Gasteiger partial charge >= 0.3 is 0 Å². The van der Waals surface area contributed by atoms with Gasteiger partial charge in [0.15, 0.2) is 0 Å². The predicted molar refractivity (Wildman–Crippen MR) is 65.5 cm³/mol. The van der Waals surface area contributed by atoms with Crippen molar-refractivity contribution in [3.8, 4) is 0 Å². The summed E-state index contributed by atoms with van der Waals surface area (Å²) < 4.78 is 4.37. The van der Waals surface area contributed by atoms with Crippen molar-refractivity contribution in [3.05, 3.63) is 10.8 Å². The number of nitrogens with one attached hydrogen (secondary N) is 1. The molecule has 1 unspecified atom stereocenters. The van der Waals surface area contributed by atoms with Gasteiger partial charge in [-0.2, -0.15) is 4.37 Å². The smallest absolute Gasteiger partial charge is 0.145 e. The molecular weight excluding hydrogens is 206 g/mol. The van der Waals surface area contributed by atoms with Crippen molar-refractivity contribution in [1.82, 2.24) is 14.7 Å². The van der Waals surface area contributed by atoms with Crippen molar-refractivity contribution in [2.45, 2.75) is 52.5 Å². The van der Waals surface area contributed by atoms with E-state index in [1.54, 1.807) is 11.5 Å². The Morgan fingerprint density at radius 1 is 1.33 bits per heavy atom. The highest BCUT2D eigenvalue weighted by atomic mass is 32.1. The molecule has 15 heavy (non-hydrogen) atoms. The molecule has 0 aliphatic heterocycles. The Hall–Kier alpha value is -0.480. The van der Waals surface area contributed by atoms with Crippen LogP contribution in [0.1, 0.15) is 50.9 Å². The number of likely N-dealkylation sites (N-methyl/N-ethyl adjacent to an activating group) is 1. The minimum absolute atomic E-state index is 0.439. The molecule has 0 fully saturated rings. The van der Waals surface area contributed by atoms with Crippen LogP contribution in [0.4, 0.5) is 0 Å². The van der Waals surface area contributed by atoms with Gasteiger partial charge < -0.3 is 5.32 Å². The third kappa shape index (κ3) is 3.87. The zero-order chi connectivity index (χ0) is 11.3. The van der Waals surface area contributed by atoms with Crippen molar-refractivity contribution in [2.75, 3.05) is 6.54 Å². The topological polar surface area (TPSA) is 37.8 Å². The van der Waals surface area contributed by atoms with Crippen LogP contribution in [0.2, 0.25) is 0 Å². The van der Waals surface area contributed by atoms with E-state index in [2.05, 4.69) is 42.4 Å². The summed E-state index contributed by atoms with van der Waals surface area (Å²) >= 11 is 1.55. The summed E-state index contributed by atoms with van der Waals surface area (Å²) in [5.41, 5.74) is 0. The van der Waals surface area contributed by atoms with Crippen LogP contribution in [0.3, 0.4) is 0 Å². The minimum Gasteiger partial charge on any atom is -0.314 e. The Labute approximate surface area is 96.5 Å². The van der Waals surface area contributed by atoms with E-state index in [0.29, 0.717) is 12.0 Å². The Kier molecular flexibility index (Phi) is 5.19. The van der Waals surface area contributed by atoms with Crippen LogP contribution in [0, 0.1) is 0 Å². The highest BCUT2D eigenvalue weighted by Crippen LogP contribution is 2.15. The second kappa shape index (κ2) is 6.18. The van der Waals surface area contributed by atoms with Crippen molar-refractivity contribution < 1.29 is 0 Å². The maximum atomic E-state index is 4.55. The molecule has 0 saturated heterocycles. The third-order valence-corrected chi connectivity index (χ3v) is 3.15. The number of hydrogen-bond donors (Lipinski definition) is 1. The highest BCUT2D eigenvalue weighted by molar-refractivity contribution is 7.05. The van der Waals surface area contributed by atoms with Gasteiger partial charge in [0.05, 0.1) is 0 Å². The summed E-state index contributed by atoms with van der Waals surface area (Å²) in [6.45, 7) is 9.63. The van der Waals surface area contributed by atoms with Crippen molar-refractivity contribution in [3.63, 3.8) is 0 Å². The summed E-state index contributed by atoms with van der Waals surface area (Å²) in [7, 11) is 0. The van der Waals surface area contributed by atoms with Gasteiger partial charge in [-0.05, 0) is 24.5 Å². The Morgan fingerprint density at radius 2 is 2.07 bits per heavy atom. The van der Waals surface area contributed by atoms with Gasteiger partial charge in [-0.15, -0.1) is 0 Å². The number of aromatic nitrogens is 2. The normalized spacial score (nSPS) is 13.4. The SMILES string of the molecule is CCNC(CC)Cc1nc(C(C)C)ns1. The summed E-state index contributed by atoms with van der Waals surface area (Å²) in [6.07, 6.45) is 2.15. The largest absolute Gasteiger partial charge is 0.314 e. The van der Waals surface area contributed by atoms with Gasteiger partial charge in [-0.1, -0.05) is 27.7 Å². The Morgan fingerprint density at radius 3 is 2.53 bits per heavy atom. The molecule has 3 nitrogen and oxygen atoms in total. The van der Waals surface area contributed by atoms with E-state index in [1.807, 2.05) is 0 Å². The van der Waals surface area contributed by atoms with E-state index >= 15 is 0 Å². The fourth-order valence-electron chi connectivity index (χ4n) is 1.45. The van der Waals surface area contributed by atoms with Crippen LogP contribution in [0.5, 0.6) is 0 Å². The first-order chi connectivity index (χ1) is 7.17. The first-order valence-electron chi connectivity index (χ1n) is 5.73. The maximum Gasteiger partial charge on any atom is 0.145 e. The van der Waals surface area contributed by atoms with E-state index in [-0.39, 0.29) is 0 Å². The van der Waals surface area contributed by atoms with Crippen LogP contribution in [-0.2, 0) is 6.42 Å². The van der Waals surface area contributed by atoms with Crippen molar-refractivity contribution in [1.29, 1.82) is 0 Å². The Balaban J connectivity index is 2.55. The van der Waals surface area contributed by atoms with Gasteiger partial charge in [0.1, 0.15) is 10.8 Å². The summed E-state index contributed by atoms with van der Waals surface area (Å²) in [5.74, 6) is 1.43. The molecule has 1 aromatic heterocycles. The first kappa shape index (κ1) is 12.6. The summed E-state index contributed by atoms with van der Waals surface area (Å²) in [4.78, 5) is 4.55. The molecule has 1 aromatic rings. The fraction of sp³-hybridized carbons (Fsp3) is 0.818. The first-order valence-corrected chi connectivity index (χ1v) is 6.50. The number of rotatable bonds is 6. The standard InChI is InChI=1S/C11H21N3S/c1-5-9(12-6-2)7-10-13-11(8(3)4)14-15-10/h8-9,12H,5-7H2,1-4H3. The van der Waals surface area contributed by atoms with Crippen LogP contribution in [-0.4, -0.2) is 21.9 Å². The molecule has 86 valence electrons. The second-order valence-corrected chi connectivity index (χ2v) is 4.90. The molecular formula is C11H21N3S. The van der Waals surface area contributed by atoms with Gasteiger partial charge in [0, 0.05) is 18.4 Å². The van der Waals surface area contributed by atoms with E-state index in [1.165, 1.54) is 0 Å². The molecule has 0 aliphatic rings. The van der Waals surface area contributed by atoms with Crippen LogP contribution < -0.4 is 5.32 Å². The average Bonchev–Trinajstić information content (AvgIpc) is 2.65. The molecule has 0 radical (unpaired) electrons. The van der Waals surface area contributed by atoms with E-state index in [4.69, 9.17) is 0 Å². The molecule has 1 atom stereocenters. The summed E-state index contributed by atoms with van der Waals surface area (Å²) in [6, 6.07) is 0.544. The molecule has 0 amide bonds. The lowest BCUT2D eigenvalue weighted by Gasteiger charge is -2.13. The number of nitrogens with zero attached hydrogens (tertiary/aromatic N) is 2. The molecule has 0 spiro atoms. The van der Waals surface area contributed by atoms with E-state index in [9.17, 15) is 0 Å². The lowest BCUT2D eigenvalue weighted by atomic mass is 10.1. The molecule has 0 aliphatic carbocycles. The quantitative estimate of drug-likeness (QED) is 0.811. The van der Waals surface area contributed by atoms with Gasteiger partial charge in [0.25, 0.3) is 0 Å². The highest BCUT2D eigenvalue weighted by Gasteiger charge is 2.11. The molecule has 1 rings (SSSR count). The molecule has 4 heteroatoms. The lowest BCUT2D eigenvalue weighted by Crippen LogP contribution is -2.30. The minimum atomic E-state index is 0.439. The van der Waals surface area contributed by atoms with Gasteiger partial charge in [-0.25, -0.2) is 4.98 Å². The van der Waals surface area contributed by atoms with Crippen LogP contribution in [0.25, 0.3) is 0 Å². The lowest BCUT2D eigenvalue weighted by molar-refractivity contribution is 0.508. The molecule has 0 bridgehead atoms. The number of hydrogen-bond acceptors (Lipinski definition) is 4. The summed E-state index contributed by atoms with van der Waals surface area (Å²) in [5, 5.41) is 4.62. The Bertz CT molecular complexity index is 283. The zero-order valence-electron chi connectivity index (χ0n) is 10.1. The zero-order valence-corrected chi connectivity index (χ0v) is 10.9. The van der Waals surface area contributed by atoms with Crippen LogP contribution >= 0.6 is 11.5 Å². The van der Waals surface area contributed by atoms with Gasteiger partial charge in [0.2, 0.25) is 0 Å². The predicted octanol–water partition coefficient (Wildman–Crippen LogP) is 2.59. The van der Waals surface area contributed by atoms with E-state index < -0.39 is 0 Å². The monoisotopic (exact) mass is 227 g/mol.